The molecule has 0 bridgehead atoms. The number of hydrogen-bond acceptors (Lipinski definition) is 4. The molecule has 0 amide bonds. The van der Waals surface area contributed by atoms with E-state index in [9.17, 15) is 9.59 Å². The van der Waals surface area contributed by atoms with Crippen LogP contribution in [0.2, 0.25) is 5.02 Å². The molecule has 1 saturated carbocycles. The van der Waals surface area contributed by atoms with Gasteiger partial charge in [0.25, 0.3) is 0 Å². The number of nitrogens with zero attached hydrogens (tertiary/aromatic N) is 1. The van der Waals surface area contributed by atoms with E-state index in [-0.39, 0.29) is 12.3 Å². The number of nitrogens with one attached hydrogen (secondary N) is 1. The quantitative estimate of drug-likeness (QED) is 0.561. The molecule has 0 spiro atoms. The number of carbonyl (C=O) groups excluding carboxylic acids is 2. The molecule has 5 nitrogen and oxygen atoms in total. The van der Waals surface area contributed by atoms with E-state index < -0.39 is 5.97 Å². The van der Waals surface area contributed by atoms with Gasteiger partial charge in [0.05, 0.1) is 29.9 Å². The Kier molecular flexibility index (Phi) is 5.90. The maximum atomic E-state index is 12.8. The number of ketones is 1. The highest BCUT2D eigenvalue weighted by molar-refractivity contribution is 6.33. The molecule has 1 N–H and O–H groups in total. The Labute approximate surface area is 164 Å². The Morgan fingerprint density at radius 3 is 2.59 bits per heavy atom. The van der Waals surface area contributed by atoms with Crippen molar-refractivity contribution in [3.8, 4) is 0 Å². The summed E-state index contributed by atoms with van der Waals surface area (Å²) in [5, 5.41) is 3.51. The fraction of sp³-hybridized carbons (Fsp3) is 0.429. The van der Waals surface area contributed by atoms with Gasteiger partial charge in [0.15, 0.2) is 5.78 Å². The van der Waals surface area contributed by atoms with Gasteiger partial charge in [-0.2, -0.15) is 0 Å². The fourth-order valence-corrected chi connectivity index (χ4v) is 4.14. The van der Waals surface area contributed by atoms with Crippen LogP contribution in [0.4, 0.5) is 5.69 Å². The Bertz CT molecular complexity index is 867. The number of Topliss-reactive ketones (excluding diaryl/α,β-unsaturated/α-hetero) is 1. The first-order valence-corrected chi connectivity index (χ1v) is 9.63. The van der Waals surface area contributed by atoms with Crippen LogP contribution in [-0.4, -0.2) is 30.0 Å². The number of aromatic nitrogens is 1. The molecule has 0 aliphatic heterocycles. The van der Waals surface area contributed by atoms with Crippen LogP contribution in [0.3, 0.4) is 0 Å². The summed E-state index contributed by atoms with van der Waals surface area (Å²) in [4.78, 5) is 24.5. The van der Waals surface area contributed by atoms with E-state index in [1.165, 1.54) is 32.8 Å². The van der Waals surface area contributed by atoms with Crippen LogP contribution in [0.1, 0.15) is 63.8 Å². The summed E-state index contributed by atoms with van der Waals surface area (Å²) in [6.45, 7) is 4.19. The average Bonchev–Trinajstić information content (AvgIpc) is 3.27. The molecule has 144 valence electrons. The summed E-state index contributed by atoms with van der Waals surface area (Å²) < 4.78 is 7.04. The monoisotopic (exact) mass is 388 g/mol. The summed E-state index contributed by atoms with van der Waals surface area (Å²) in [6, 6.07) is 7.29. The highest BCUT2D eigenvalue weighted by Gasteiger charge is 2.23. The smallest absolute Gasteiger partial charge is 0.337 e. The van der Waals surface area contributed by atoms with Crippen molar-refractivity contribution < 1.29 is 14.3 Å². The van der Waals surface area contributed by atoms with Crippen molar-refractivity contribution in [1.29, 1.82) is 0 Å². The number of esters is 1. The summed E-state index contributed by atoms with van der Waals surface area (Å²) in [6.07, 6.45) is 4.86. The Morgan fingerprint density at radius 1 is 1.22 bits per heavy atom. The number of anilines is 1. The van der Waals surface area contributed by atoms with E-state index in [4.69, 9.17) is 16.3 Å². The van der Waals surface area contributed by atoms with Gasteiger partial charge in [-0.25, -0.2) is 4.79 Å². The van der Waals surface area contributed by atoms with Crippen LogP contribution in [0.25, 0.3) is 0 Å². The van der Waals surface area contributed by atoms with Crippen LogP contribution in [0.15, 0.2) is 24.3 Å². The van der Waals surface area contributed by atoms with Gasteiger partial charge in [-0.15, -0.1) is 0 Å². The summed E-state index contributed by atoms with van der Waals surface area (Å²) in [5.74, 6) is -0.437. The third-order valence-corrected chi connectivity index (χ3v) is 5.63. The zero-order chi connectivity index (χ0) is 19.6. The molecule has 1 aliphatic carbocycles. The van der Waals surface area contributed by atoms with Crippen LogP contribution >= 0.6 is 11.6 Å². The molecule has 27 heavy (non-hydrogen) atoms. The zero-order valence-electron chi connectivity index (χ0n) is 16.0. The van der Waals surface area contributed by atoms with E-state index in [0.29, 0.717) is 22.3 Å². The molecule has 1 fully saturated rings. The van der Waals surface area contributed by atoms with Gasteiger partial charge in [-0.05, 0) is 51.0 Å². The first-order chi connectivity index (χ1) is 12.9. The molecule has 6 heteroatoms. The Morgan fingerprint density at radius 2 is 1.93 bits per heavy atom. The van der Waals surface area contributed by atoms with Crippen molar-refractivity contribution in [1.82, 2.24) is 4.57 Å². The van der Waals surface area contributed by atoms with E-state index in [1.54, 1.807) is 18.2 Å². The SMILES string of the molecule is COC(=O)c1ccc(Cl)c(NCC(=O)c2cc(C)n(C3CCCC3)c2C)c1. The summed E-state index contributed by atoms with van der Waals surface area (Å²) >= 11 is 6.19. The number of hydrogen-bond donors (Lipinski definition) is 1. The second-order valence-corrected chi connectivity index (χ2v) is 7.46. The average molecular weight is 389 g/mol. The van der Waals surface area contributed by atoms with Crippen molar-refractivity contribution in [2.24, 2.45) is 0 Å². The highest BCUT2D eigenvalue weighted by Crippen LogP contribution is 2.33. The molecule has 0 atom stereocenters. The number of carbonyl (C=O) groups is 2. The first-order valence-electron chi connectivity index (χ1n) is 9.25. The third kappa shape index (κ3) is 4.03. The maximum absolute atomic E-state index is 12.8. The first kappa shape index (κ1) is 19.5. The normalized spacial score (nSPS) is 14.4. The molecule has 0 radical (unpaired) electrons. The Hall–Kier alpha value is -2.27. The molecule has 3 rings (SSSR count). The lowest BCUT2D eigenvalue weighted by atomic mass is 10.1. The van der Waals surface area contributed by atoms with Crippen molar-refractivity contribution in [2.75, 3.05) is 19.0 Å². The molecule has 0 saturated heterocycles. The van der Waals surface area contributed by atoms with Gasteiger partial charge in [0, 0.05) is 23.0 Å². The van der Waals surface area contributed by atoms with E-state index in [0.717, 1.165) is 17.0 Å². The van der Waals surface area contributed by atoms with Gasteiger partial charge >= 0.3 is 5.97 Å². The fourth-order valence-electron chi connectivity index (χ4n) is 3.96. The topological polar surface area (TPSA) is 60.3 Å². The van der Waals surface area contributed by atoms with Crippen LogP contribution in [-0.2, 0) is 4.74 Å². The van der Waals surface area contributed by atoms with E-state index >= 15 is 0 Å². The number of ether oxygens (including phenoxy) is 1. The number of aryl methyl sites for hydroxylation is 1. The minimum atomic E-state index is -0.443. The van der Waals surface area contributed by atoms with E-state index in [1.807, 2.05) is 13.0 Å². The third-order valence-electron chi connectivity index (χ3n) is 5.30. The minimum absolute atomic E-state index is 0.00637. The molecular weight excluding hydrogens is 364 g/mol. The van der Waals surface area contributed by atoms with Crippen molar-refractivity contribution in [3.05, 3.63) is 51.8 Å². The molecule has 1 aliphatic rings. The van der Waals surface area contributed by atoms with Gasteiger partial charge in [0.2, 0.25) is 0 Å². The molecule has 0 unspecified atom stereocenters. The van der Waals surface area contributed by atoms with Crippen molar-refractivity contribution in [3.63, 3.8) is 0 Å². The van der Waals surface area contributed by atoms with Crippen molar-refractivity contribution in [2.45, 2.75) is 45.6 Å². The van der Waals surface area contributed by atoms with Crippen LogP contribution < -0.4 is 5.32 Å². The second kappa shape index (κ2) is 8.17. The molecular formula is C21H25ClN2O3. The Balaban J connectivity index is 1.75. The lowest BCUT2D eigenvalue weighted by Gasteiger charge is -2.17. The zero-order valence-corrected chi connectivity index (χ0v) is 16.7. The number of halogens is 1. The maximum Gasteiger partial charge on any atom is 0.337 e. The predicted molar refractivity (Wildman–Crippen MR) is 107 cm³/mol. The molecule has 1 heterocycles. The number of methoxy groups -OCH3 is 1. The molecule has 2 aromatic rings. The molecule has 1 aromatic carbocycles. The van der Waals surface area contributed by atoms with Gasteiger partial charge in [-0.1, -0.05) is 24.4 Å². The number of rotatable bonds is 6. The van der Waals surface area contributed by atoms with E-state index in [2.05, 4.69) is 16.8 Å². The van der Waals surface area contributed by atoms with Crippen molar-refractivity contribution >= 4 is 29.0 Å². The van der Waals surface area contributed by atoms with Crippen LogP contribution in [0, 0.1) is 13.8 Å². The van der Waals surface area contributed by atoms with Gasteiger partial charge in [0.1, 0.15) is 0 Å². The number of benzene rings is 1. The van der Waals surface area contributed by atoms with Gasteiger partial charge in [-0.3, -0.25) is 4.79 Å². The van der Waals surface area contributed by atoms with Gasteiger partial charge < -0.3 is 14.6 Å². The summed E-state index contributed by atoms with van der Waals surface area (Å²) in [7, 11) is 1.33. The predicted octanol–water partition coefficient (Wildman–Crippen LogP) is 4.95. The highest BCUT2D eigenvalue weighted by atomic mass is 35.5. The molecule has 1 aromatic heterocycles. The lowest BCUT2D eigenvalue weighted by molar-refractivity contribution is 0.0600. The standard InChI is InChI=1S/C21H25ClN2O3/c1-13-10-17(14(2)24(13)16-6-4-5-7-16)20(25)12-23-19-11-15(21(26)27-3)8-9-18(19)22/h8-11,16,23H,4-7,12H2,1-3H3. The lowest BCUT2D eigenvalue weighted by Crippen LogP contribution is -2.16. The largest absolute Gasteiger partial charge is 0.465 e. The van der Waals surface area contributed by atoms with Crippen LogP contribution in [0.5, 0.6) is 0 Å². The second-order valence-electron chi connectivity index (χ2n) is 7.06. The summed E-state index contributed by atoms with van der Waals surface area (Å²) in [5.41, 5.74) is 3.83. The minimum Gasteiger partial charge on any atom is -0.465 e.